The molecule has 0 bridgehead atoms. The number of rotatable bonds is 5. The zero-order valence-electron chi connectivity index (χ0n) is 13.6. The van der Waals surface area contributed by atoms with Crippen LogP contribution in [0, 0.1) is 6.92 Å². The molecule has 0 radical (unpaired) electrons. The molecule has 0 heterocycles. The molecule has 3 rings (SSSR count). The minimum Gasteiger partial charge on any atom is -0.497 e. The second-order valence-electron chi connectivity index (χ2n) is 5.69. The van der Waals surface area contributed by atoms with Gasteiger partial charge in [0.05, 0.1) is 12.0 Å². The Kier molecular flexibility index (Phi) is 4.55. The number of ether oxygens (including phenoxy) is 1. The van der Waals surface area contributed by atoms with E-state index in [4.69, 9.17) is 4.74 Å². The highest BCUT2D eigenvalue weighted by Gasteiger charge is 2.13. The number of sulfonamides is 1. The van der Waals surface area contributed by atoms with E-state index < -0.39 is 10.0 Å². The molecule has 3 aromatic carbocycles. The zero-order chi connectivity index (χ0) is 17.2. The van der Waals surface area contributed by atoms with E-state index >= 15 is 0 Å². The summed E-state index contributed by atoms with van der Waals surface area (Å²) in [7, 11) is -1.87. The van der Waals surface area contributed by atoms with Crippen LogP contribution in [0.3, 0.4) is 0 Å². The molecule has 0 saturated carbocycles. The summed E-state index contributed by atoms with van der Waals surface area (Å²) in [5.41, 5.74) is 1.93. The van der Waals surface area contributed by atoms with Gasteiger partial charge in [-0.3, -0.25) is 0 Å². The molecule has 5 heteroatoms. The van der Waals surface area contributed by atoms with E-state index in [2.05, 4.69) is 4.72 Å². The van der Waals surface area contributed by atoms with Gasteiger partial charge >= 0.3 is 0 Å². The molecular weight excluding hydrogens is 322 g/mol. The van der Waals surface area contributed by atoms with Crippen LogP contribution in [-0.2, 0) is 16.6 Å². The normalized spacial score (nSPS) is 11.6. The van der Waals surface area contributed by atoms with E-state index in [1.807, 2.05) is 43.3 Å². The predicted octanol–water partition coefficient (Wildman–Crippen LogP) is 3.64. The van der Waals surface area contributed by atoms with Crippen LogP contribution in [0.25, 0.3) is 10.8 Å². The molecule has 4 nitrogen and oxygen atoms in total. The highest BCUT2D eigenvalue weighted by atomic mass is 32.2. The number of benzene rings is 3. The van der Waals surface area contributed by atoms with E-state index in [9.17, 15) is 8.42 Å². The molecule has 0 aromatic heterocycles. The maximum absolute atomic E-state index is 12.3. The summed E-state index contributed by atoms with van der Waals surface area (Å²) in [6, 6.07) is 18.5. The van der Waals surface area contributed by atoms with Crippen molar-refractivity contribution in [1.29, 1.82) is 0 Å². The summed E-state index contributed by atoms with van der Waals surface area (Å²) in [5, 5.41) is 2.10. The summed E-state index contributed by atoms with van der Waals surface area (Å²) in [5.74, 6) is 0.801. The summed E-state index contributed by atoms with van der Waals surface area (Å²) >= 11 is 0. The molecule has 1 N–H and O–H groups in total. The Hall–Kier alpha value is -2.37. The van der Waals surface area contributed by atoms with Gasteiger partial charge in [-0.2, -0.15) is 0 Å². The van der Waals surface area contributed by atoms with Crippen molar-refractivity contribution in [2.24, 2.45) is 0 Å². The first-order valence-corrected chi connectivity index (χ1v) is 9.09. The monoisotopic (exact) mass is 341 g/mol. The van der Waals surface area contributed by atoms with Crippen molar-refractivity contribution < 1.29 is 13.2 Å². The van der Waals surface area contributed by atoms with Crippen molar-refractivity contribution in [3.63, 3.8) is 0 Å². The maximum Gasteiger partial charge on any atom is 0.240 e. The fourth-order valence-corrected chi connectivity index (χ4v) is 3.51. The Labute approximate surface area is 142 Å². The Morgan fingerprint density at radius 3 is 2.29 bits per heavy atom. The van der Waals surface area contributed by atoms with Crippen LogP contribution < -0.4 is 9.46 Å². The number of methoxy groups -OCH3 is 1. The highest BCUT2D eigenvalue weighted by Crippen LogP contribution is 2.22. The number of nitrogens with one attached hydrogen (secondary N) is 1. The largest absolute Gasteiger partial charge is 0.497 e. The molecule has 3 aromatic rings. The first-order chi connectivity index (χ1) is 11.5. The van der Waals surface area contributed by atoms with E-state index in [1.165, 1.54) is 0 Å². The number of aryl methyl sites for hydroxylation is 1. The molecule has 0 atom stereocenters. The van der Waals surface area contributed by atoms with Crippen LogP contribution in [0.5, 0.6) is 5.75 Å². The molecule has 0 aliphatic rings. The van der Waals surface area contributed by atoms with Gasteiger partial charge in [0.15, 0.2) is 0 Å². The highest BCUT2D eigenvalue weighted by molar-refractivity contribution is 7.89. The minimum atomic E-state index is -3.51. The van der Waals surface area contributed by atoms with Crippen molar-refractivity contribution in [2.45, 2.75) is 18.4 Å². The average molecular weight is 341 g/mol. The summed E-state index contributed by atoms with van der Waals surface area (Å²) in [4.78, 5) is 0.277. The van der Waals surface area contributed by atoms with E-state index in [0.29, 0.717) is 0 Å². The zero-order valence-corrected chi connectivity index (χ0v) is 14.4. The lowest BCUT2D eigenvalue weighted by Crippen LogP contribution is -2.23. The van der Waals surface area contributed by atoms with Gasteiger partial charge in [-0.05, 0) is 53.6 Å². The second kappa shape index (κ2) is 6.63. The topological polar surface area (TPSA) is 55.4 Å². The third-order valence-electron chi connectivity index (χ3n) is 3.91. The molecule has 0 unspecified atom stereocenters. The van der Waals surface area contributed by atoms with Crippen molar-refractivity contribution in [3.05, 3.63) is 71.8 Å². The second-order valence-corrected chi connectivity index (χ2v) is 7.45. The standard InChI is InChI=1S/C19H19NO3S/c1-14-3-9-19(10-4-14)24(21,22)20-13-15-5-6-17-12-18(23-2)8-7-16(17)11-15/h3-12,20H,13H2,1-2H3. The van der Waals surface area contributed by atoms with Crippen LogP contribution >= 0.6 is 0 Å². The van der Waals surface area contributed by atoms with Crippen molar-refractivity contribution in [2.75, 3.05) is 7.11 Å². The van der Waals surface area contributed by atoms with Gasteiger partial charge in [0.2, 0.25) is 10.0 Å². The minimum absolute atomic E-state index is 0.248. The molecule has 124 valence electrons. The van der Waals surface area contributed by atoms with Crippen molar-refractivity contribution in [1.82, 2.24) is 4.72 Å². The fourth-order valence-electron chi connectivity index (χ4n) is 2.49. The van der Waals surface area contributed by atoms with Gasteiger partial charge in [0, 0.05) is 6.54 Å². The summed E-state index contributed by atoms with van der Waals surface area (Å²) in [6.07, 6.45) is 0. The Bertz CT molecular complexity index is 964. The number of hydrogen-bond acceptors (Lipinski definition) is 3. The molecule has 24 heavy (non-hydrogen) atoms. The van der Waals surface area contributed by atoms with Crippen molar-refractivity contribution >= 4 is 20.8 Å². The van der Waals surface area contributed by atoms with E-state index in [1.54, 1.807) is 31.4 Å². The van der Waals surface area contributed by atoms with Gasteiger partial charge in [-0.1, -0.05) is 35.9 Å². The van der Waals surface area contributed by atoms with Gasteiger partial charge in [0.1, 0.15) is 5.75 Å². The van der Waals surface area contributed by atoms with Crippen LogP contribution in [0.1, 0.15) is 11.1 Å². The van der Waals surface area contributed by atoms with Crippen LogP contribution in [0.4, 0.5) is 0 Å². The van der Waals surface area contributed by atoms with E-state index in [-0.39, 0.29) is 11.4 Å². The summed E-state index contributed by atoms with van der Waals surface area (Å²) < 4.78 is 32.5. The van der Waals surface area contributed by atoms with Gasteiger partial charge in [-0.15, -0.1) is 0 Å². The third kappa shape index (κ3) is 3.58. The quantitative estimate of drug-likeness (QED) is 0.771. The molecule has 0 saturated heterocycles. The predicted molar refractivity (Wildman–Crippen MR) is 95.7 cm³/mol. The Morgan fingerprint density at radius 1 is 0.917 bits per heavy atom. The van der Waals surface area contributed by atoms with Gasteiger partial charge < -0.3 is 4.74 Å². The lowest BCUT2D eigenvalue weighted by Gasteiger charge is -2.09. The van der Waals surface area contributed by atoms with Crippen LogP contribution in [0.15, 0.2) is 65.6 Å². The van der Waals surface area contributed by atoms with Gasteiger partial charge in [0.25, 0.3) is 0 Å². The smallest absolute Gasteiger partial charge is 0.240 e. The van der Waals surface area contributed by atoms with Crippen LogP contribution in [-0.4, -0.2) is 15.5 Å². The first-order valence-electron chi connectivity index (χ1n) is 7.61. The molecule has 0 amide bonds. The SMILES string of the molecule is COc1ccc2cc(CNS(=O)(=O)c3ccc(C)cc3)ccc2c1. The Balaban J connectivity index is 1.78. The maximum atomic E-state index is 12.3. The lowest BCUT2D eigenvalue weighted by atomic mass is 10.1. The lowest BCUT2D eigenvalue weighted by molar-refractivity contribution is 0.415. The Morgan fingerprint density at radius 2 is 1.58 bits per heavy atom. The van der Waals surface area contributed by atoms with E-state index in [0.717, 1.165) is 27.6 Å². The van der Waals surface area contributed by atoms with Gasteiger partial charge in [-0.25, -0.2) is 13.1 Å². The summed E-state index contributed by atoms with van der Waals surface area (Å²) in [6.45, 7) is 2.17. The average Bonchev–Trinajstić information content (AvgIpc) is 2.60. The first kappa shape index (κ1) is 16.5. The fraction of sp³-hybridized carbons (Fsp3) is 0.158. The third-order valence-corrected chi connectivity index (χ3v) is 5.33. The molecular formula is C19H19NO3S. The molecule has 0 aliphatic carbocycles. The molecule has 0 spiro atoms. The number of fused-ring (bicyclic) bond motifs is 1. The van der Waals surface area contributed by atoms with Crippen molar-refractivity contribution in [3.8, 4) is 5.75 Å². The number of hydrogen-bond donors (Lipinski definition) is 1. The molecule has 0 aliphatic heterocycles. The molecule has 0 fully saturated rings. The van der Waals surface area contributed by atoms with Crippen LogP contribution in [0.2, 0.25) is 0 Å².